The number of hydrogen-bond acceptors (Lipinski definition) is 6. The van der Waals surface area contributed by atoms with Gasteiger partial charge in [0.2, 0.25) is 17.7 Å². The highest BCUT2D eigenvalue weighted by Gasteiger charge is 2.51. The number of H-pyrrole nitrogens is 1. The first-order chi connectivity index (χ1) is 21.5. The van der Waals surface area contributed by atoms with Gasteiger partial charge in [0.15, 0.2) is 5.69 Å². The van der Waals surface area contributed by atoms with Crippen LogP contribution in [0.15, 0.2) is 30.5 Å². The first-order valence-electron chi connectivity index (χ1n) is 14.9. The lowest BCUT2D eigenvalue weighted by molar-refractivity contribution is -0.159. The van der Waals surface area contributed by atoms with E-state index in [0.717, 1.165) is 4.90 Å². The van der Waals surface area contributed by atoms with Crippen LogP contribution in [0.3, 0.4) is 0 Å². The number of benzene rings is 1. The van der Waals surface area contributed by atoms with Gasteiger partial charge in [-0.2, -0.15) is 5.10 Å². The Morgan fingerprint density at radius 1 is 1.02 bits per heavy atom. The van der Waals surface area contributed by atoms with E-state index in [1.807, 2.05) is 0 Å². The minimum absolute atomic E-state index is 0.00716. The quantitative estimate of drug-likeness (QED) is 0.352. The van der Waals surface area contributed by atoms with E-state index in [4.69, 9.17) is 8.85 Å². The third-order valence-electron chi connectivity index (χ3n) is 8.04. The summed E-state index contributed by atoms with van der Waals surface area (Å²) in [5.74, 6) is -9.44. The number of alkyl halides is 5. The van der Waals surface area contributed by atoms with Gasteiger partial charge in [-0.25, -0.2) is 26.9 Å². The summed E-state index contributed by atoms with van der Waals surface area (Å²) < 4.78 is 95.0. The van der Waals surface area contributed by atoms with Crippen molar-refractivity contribution in [3.63, 3.8) is 0 Å². The maximum atomic E-state index is 14.9. The van der Waals surface area contributed by atoms with Gasteiger partial charge < -0.3 is 20.3 Å². The number of carbonyl (C=O) groups is 3. The molecule has 0 unspecified atom stereocenters. The molecule has 3 amide bonds. The Kier molecular flexibility index (Phi) is 6.13. The van der Waals surface area contributed by atoms with Crippen LogP contribution in [0.5, 0.6) is 5.88 Å². The van der Waals surface area contributed by atoms with E-state index in [1.54, 1.807) is 18.2 Å². The van der Waals surface area contributed by atoms with E-state index in [0.29, 0.717) is 22.0 Å². The number of amides is 3. The van der Waals surface area contributed by atoms with Gasteiger partial charge >= 0.3 is 0 Å². The number of halogens is 5. The second-order valence-electron chi connectivity index (χ2n) is 11.2. The normalized spacial score (nSPS) is 24.3. The molecule has 228 valence electrons. The van der Waals surface area contributed by atoms with Gasteiger partial charge in [-0.05, 0) is 23.8 Å². The summed E-state index contributed by atoms with van der Waals surface area (Å²) in [5, 5.41) is 12.0. The molecule has 6 rings (SSSR count). The molecule has 15 heteroatoms. The molecule has 3 fully saturated rings. The third-order valence-corrected chi connectivity index (χ3v) is 8.04. The highest BCUT2D eigenvalue weighted by Crippen LogP contribution is 2.43. The maximum absolute atomic E-state index is 14.9. The number of aromatic nitrogens is 3. The number of methoxy groups -OCH3 is 1. The zero-order valence-corrected chi connectivity index (χ0v) is 22.3. The van der Waals surface area contributed by atoms with Gasteiger partial charge in [0.25, 0.3) is 17.7 Å². The van der Waals surface area contributed by atoms with Gasteiger partial charge in [0.05, 0.1) is 29.3 Å². The number of pyridine rings is 1. The number of fused-ring (bicyclic) bond motifs is 1. The smallest absolute Gasteiger partial charge is 0.272 e. The molecule has 0 spiro atoms. The first-order valence-corrected chi connectivity index (χ1v) is 13.4. The van der Waals surface area contributed by atoms with Crippen LogP contribution in [0, 0.1) is 5.92 Å². The minimum Gasteiger partial charge on any atom is -0.480 e. The first kappa shape index (κ1) is 25.2. The predicted octanol–water partition coefficient (Wildman–Crippen LogP) is 3.49. The molecular formula is C28H27F5N6O4. The van der Waals surface area contributed by atoms with Crippen LogP contribution in [0.1, 0.15) is 50.6 Å². The summed E-state index contributed by atoms with van der Waals surface area (Å²) in [6.07, 6.45) is -2.63. The Bertz CT molecular complexity index is 1700. The number of hydrogen-bond donors (Lipinski definition) is 3. The summed E-state index contributed by atoms with van der Waals surface area (Å²) in [6, 6.07) is 4.07. The van der Waals surface area contributed by atoms with Crippen molar-refractivity contribution in [2.24, 2.45) is 5.92 Å². The predicted molar refractivity (Wildman–Crippen MR) is 142 cm³/mol. The van der Waals surface area contributed by atoms with Crippen molar-refractivity contribution in [3.8, 4) is 17.0 Å². The van der Waals surface area contributed by atoms with Crippen LogP contribution < -0.4 is 15.4 Å². The molecule has 1 saturated heterocycles. The number of ether oxygens (including phenoxy) is 1. The Balaban J connectivity index is 1.20. The second-order valence-corrected chi connectivity index (χ2v) is 11.2. The minimum atomic E-state index is -2.99. The Hall–Kier alpha value is -4.30. The Labute approximate surface area is 245 Å². The Morgan fingerprint density at radius 2 is 1.77 bits per heavy atom. The molecule has 3 heterocycles. The van der Waals surface area contributed by atoms with Crippen molar-refractivity contribution in [3.05, 3.63) is 41.7 Å². The van der Waals surface area contributed by atoms with Crippen LogP contribution >= 0.6 is 0 Å². The standard InChI is InChI=1S/C28H27F5N6O4/c1-43-25-18(23(40)36-21-12-39(11-19(21)29)26(42)15-6-27(30,31)7-15)4-14(10-34-25)13-2-3-17-20(5-13)37-38-22(17)24(41)35-16-8-28(32,33)9-16/h2-5,10,15-16,19,21H,6-9,11-12H2,1H3,(H,35,41)(H,36,40)(H,37,38)/t19-,21+/m0/s1/i1D3. The van der Waals surface area contributed by atoms with Crippen LogP contribution in [0.2, 0.25) is 0 Å². The summed E-state index contributed by atoms with van der Waals surface area (Å²) >= 11 is 0. The Morgan fingerprint density at radius 3 is 2.47 bits per heavy atom. The second kappa shape index (κ2) is 10.5. The number of nitrogens with one attached hydrogen (secondary N) is 3. The molecular weight excluding hydrogens is 579 g/mol. The van der Waals surface area contributed by atoms with E-state index in [-0.39, 0.29) is 17.8 Å². The SMILES string of the molecule is [2H]C([2H])([2H])Oc1ncc(-c2ccc3c(C(=O)NC4CC(F)(F)C4)n[nH]c3c2)cc1C(=O)N[C@@H]1CN(C(=O)C2CC(F)(F)C2)C[C@@H]1F. The highest BCUT2D eigenvalue weighted by molar-refractivity contribution is 6.05. The van der Waals surface area contributed by atoms with E-state index < -0.39 is 98.9 Å². The van der Waals surface area contributed by atoms with Gasteiger partial charge in [-0.15, -0.1) is 0 Å². The molecule has 3 N–H and O–H groups in total. The maximum Gasteiger partial charge on any atom is 0.272 e. The van der Waals surface area contributed by atoms with Crippen molar-refractivity contribution in [2.45, 2.75) is 55.8 Å². The van der Waals surface area contributed by atoms with E-state index in [9.17, 15) is 36.3 Å². The van der Waals surface area contributed by atoms with Crippen molar-refractivity contribution in [1.29, 1.82) is 0 Å². The van der Waals surface area contributed by atoms with Crippen molar-refractivity contribution >= 4 is 28.6 Å². The van der Waals surface area contributed by atoms with Crippen LogP contribution in [0.25, 0.3) is 22.0 Å². The fourth-order valence-electron chi connectivity index (χ4n) is 5.66. The number of likely N-dealkylation sites (tertiary alicyclic amines) is 1. The molecule has 2 aromatic heterocycles. The van der Waals surface area contributed by atoms with Gasteiger partial charge in [-0.1, -0.05) is 6.07 Å². The highest BCUT2D eigenvalue weighted by atomic mass is 19.3. The molecule has 2 atom stereocenters. The average Bonchev–Trinajstić information content (AvgIpc) is 3.52. The average molecular weight is 610 g/mol. The molecule has 0 bridgehead atoms. The van der Waals surface area contributed by atoms with Crippen molar-refractivity contribution < 1.29 is 45.2 Å². The molecule has 2 aliphatic carbocycles. The third kappa shape index (κ3) is 5.59. The summed E-state index contributed by atoms with van der Waals surface area (Å²) in [5.41, 5.74) is 0.768. The summed E-state index contributed by atoms with van der Waals surface area (Å²) in [7, 11) is -2.99. The molecule has 43 heavy (non-hydrogen) atoms. The molecule has 10 nitrogen and oxygen atoms in total. The zero-order chi connectivity index (χ0) is 33.2. The number of rotatable bonds is 7. The lowest BCUT2D eigenvalue weighted by atomic mass is 9.80. The summed E-state index contributed by atoms with van der Waals surface area (Å²) in [6.45, 7) is -0.675. The lowest BCUT2D eigenvalue weighted by Gasteiger charge is -2.36. The van der Waals surface area contributed by atoms with E-state index in [1.165, 1.54) is 12.3 Å². The van der Waals surface area contributed by atoms with Gasteiger partial charge in [-0.3, -0.25) is 19.5 Å². The van der Waals surface area contributed by atoms with Crippen molar-refractivity contribution in [2.75, 3.05) is 20.1 Å². The molecule has 2 saturated carbocycles. The largest absolute Gasteiger partial charge is 0.480 e. The summed E-state index contributed by atoms with van der Waals surface area (Å²) in [4.78, 5) is 43.6. The number of carbonyl (C=O) groups excluding carboxylic acids is 3. The number of nitrogens with zero attached hydrogens (tertiary/aromatic N) is 3. The zero-order valence-electron chi connectivity index (χ0n) is 25.3. The van der Waals surface area contributed by atoms with Gasteiger partial charge in [0.1, 0.15) is 11.7 Å². The van der Waals surface area contributed by atoms with E-state index in [2.05, 4.69) is 25.8 Å². The molecule has 0 radical (unpaired) electrons. The van der Waals surface area contributed by atoms with Crippen LogP contribution in [0.4, 0.5) is 22.0 Å². The van der Waals surface area contributed by atoms with Crippen LogP contribution in [-0.4, -0.2) is 88.0 Å². The van der Waals surface area contributed by atoms with Crippen LogP contribution in [-0.2, 0) is 4.79 Å². The molecule has 1 aliphatic heterocycles. The topological polar surface area (TPSA) is 129 Å². The van der Waals surface area contributed by atoms with Crippen molar-refractivity contribution in [1.82, 2.24) is 30.7 Å². The van der Waals surface area contributed by atoms with E-state index >= 15 is 0 Å². The lowest BCUT2D eigenvalue weighted by Crippen LogP contribution is -2.50. The monoisotopic (exact) mass is 609 g/mol. The van der Waals surface area contributed by atoms with Gasteiger partial charge in [0, 0.05) is 61.3 Å². The molecule has 3 aromatic rings. The fraction of sp³-hybridized carbons (Fsp3) is 0.464. The fourth-order valence-corrected chi connectivity index (χ4v) is 5.66. The molecule has 1 aromatic carbocycles. The number of aromatic amines is 1. The molecule has 3 aliphatic rings.